The summed E-state index contributed by atoms with van der Waals surface area (Å²) in [5.41, 5.74) is 0.586. The smallest absolute Gasteiger partial charge is 0.484 e. The summed E-state index contributed by atoms with van der Waals surface area (Å²) in [7, 11) is 0. The fourth-order valence-corrected chi connectivity index (χ4v) is 4.74. The van der Waals surface area contributed by atoms with Crippen molar-refractivity contribution in [3.63, 3.8) is 0 Å². The summed E-state index contributed by atoms with van der Waals surface area (Å²) in [4.78, 5) is 0. The zero-order valence-electron chi connectivity index (χ0n) is 17.5. The molecule has 2 aromatic carbocycles. The molecule has 33 heavy (non-hydrogen) atoms. The maximum atomic E-state index is 12.7. The maximum absolute atomic E-state index is 12.7. The normalized spacial score (nSPS) is 25.9. The number of hydrogen-bond acceptors (Lipinski definition) is 4. The number of halogens is 6. The first kappa shape index (κ1) is 23.7. The molecule has 0 unspecified atom stereocenters. The summed E-state index contributed by atoms with van der Waals surface area (Å²) >= 11 is 0. The van der Waals surface area contributed by atoms with E-state index in [0.29, 0.717) is 12.8 Å². The third-order valence-corrected chi connectivity index (χ3v) is 5.99. The van der Waals surface area contributed by atoms with E-state index in [2.05, 4.69) is 10.1 Å². The van der Waals surface area contributed by atoms with E-state index in [1.807, 2.05) is 30.3 Å². The van der Waals surface area contributed by atoms with E-state index < -0.39 is 36.4 Å². The highest BCUT2D eigenvalue weighted by atomic mass is 19.4. The van der Waals surface area contributed by atoms with Crippen molar-refractivity contribution in [2.75, 3.05) is 19.8 Å². The SMILES string of the molecule is FC(F)(F)COc1ccc(OC(F)(F)F)cc1[C@@H]1CO[C@]2(CCCN[C@H]2c2ccccc2)C1. The van der Waals surface area contributed by atoms with Crippen molar-refractivity contribution in [3.05, 3.63) is 59.7 Å². The topological polar surface area (TPSA) is 39.7 Å². The van der Waals surface area contributed by atoms with Gasteiger partial charge in [0, 0.05) is 11.5 Å². The van der Waals surface area contributed by atoms with Crippen molar-refractivity contribution in [1.29, 1.82) is 0 Å². The number of alkyl halides is 6. The summed E-state index contributed by atoms with van der Waals surface area (Å²) in [6, 6.07) is 12.6. The Hall–Kier alpha value is -2.46. The van der Waals surface area contributed by atoms with Crippen LogP contribution >= 0.6 is 0 Å². The number of piperidine rings is 1. The van der Waals surface area contributed by atoms with Gasteiger partial charge in [0.1, 0.15) is 11.5 Å². The van der Waals surface area contributed by atoms with Crippen molar-refractivity contribution in [2.24, 2.45) is 0 Å². The van der Waals surface area contributed by atoms with E-state index in [1.165, 1.54) is 0 Å². The highest BCUT2D eigenvalue weighted by molar-refractivity contribution is 5.44. The van der Waals surface area contributed by atoms with Crippen molar-refractivity contribution in [1.82, 2.24) is 5.32 Å². The minimum atomic E-state index is -4.93. The van der Waals surface area contributed by atoms with Gasteiger partial charge in [-0.1, -0.05) is 30.3 Å². The van der Waals surface area contributed by atoms with Gasteiger partial charge in [-0.2, -0.15) is 13.2 Å². The van der Waals surface area contributed by atoms with Gasteiger partial charge in [-0.3, -0.25) is 0 Å². The van der Waals surface area contributed by atoms with E-state index in [1.54, 1.807) is 0 Å². The summed E-state index contributed by atoms with van der Waals surface area (Å²) in [5.74, 6) is -1.11. The van der Waals surface area contributed by atoms with Crippen LogP contribution < -0.4 is 14.8 Å². The van der Waals surface area contributed by atoms with Crippen LogP contribution in [-0.2, 0) is 4.74 Å². The van der Waals surface area contributed by atoms with Crippen LogP contribution in [-0.4, -0.2) is 37.9 Å². The minimum absolute atomic E-state index is 0.132. The van der Waals surface area contributed by atoms with Gasteiger partial charge in [0.15, 0.2) is 6.61 Å². The molecule has 2 aliphatic rings. The number of ether oxygens (including phenoxy) is 3. The van der Waals surface area contributed by atoms with Gasteiger partial charge >= 0.3 is 12.5 Å². The summed E-state index contributed by atoms with van der Waals surface area (Å²) < 4.78 is 91.7. The van der Waals surface area contributed by atoms with Crippen LogP contribution in [0.2, 0.25) is 0 Å². The van der Waals surface area contributed by atoms with Crippen molar-refractivity contribution in [2.45, 2.75) is 49.4 Å². The second kappa shape index (κ2) is 9.06. The van der Waals surface area contributed by atoms with Crippen LogP contribution in [0, 0.1) is 0 Å². The summed E-state index contributed by atoms with van der Waals surface area (Å²) in [6.45, 7) is -0.626. The molecule has 3 atom stereocenters. The Balaban J connectivity index is 1.63. The van der Waals surface area contributed by atoms with Gasteiger partial charge in [0.05, 0.1) is 18.2 Å². The van der Waals surface area contributed by atoms with Crippen LogP contribution in [0.1, 0.15) is 42.3 Å². The molecular weight excluding hydrogens is 452 g/mol. The lowest BCUT2D eigenvalue weighted by molar-refractivity contribution is -0.274. The Morgan fingerprint density at radius 2 is 1.79 bits per heavy atom. The van der Waals surface area contributed by atoms with Crippen molar-refractivity contribution >= 4 is 0 Å². The van der Waals surface area contributed by atoms with E-state index in [9.17, 15) is 26.3 Å². The molecule has 0 aliphatic carbocycles. The largest absolute Gasteiger partial charge is 0.573 e. The molecule has 2 fully saturated rings. The first-order chi connectivity index (χ1) is 15.5. The van der Waals surface area contributed by atoms with Gasteiger partial charge < -0.3 is 19.5 Å². The van der Waals surface area contributed by atoms with Gasteiger partial charge in [-0.25, -0.2) is 0 Å². The van der Waals surface area contributed by atoms with Crippen LogP contribution in [0.3, 0.4) is 0 Å². The lowest BCUT2D eigenvalue weighted by Crippen LogP contribution is -2.48. The lowest BCUT2D eigenvalue weighted by Gasteiger charge is -2.41. The Kier molecular flexibility index (Phi) is 6.50. The van der Waals surface area contributed by atoms with Gasteiger partial charge in [-0.05, 0) is 49.6 Å². The number of hydrogen-bond donors (Lipinski definition) is 1. The highest BCUT2D eigenvalue weighted by Gasteiger charge is 2.49. The average Bonchev–Trinajstić information content (AvgIpc) is 3.16. The molecule has 0 aromatic heterocycles. The minimum Gasteiger partial charge on any atom is -0.484 e. The maximum Gasteiger partial charge on any atom is 0.573 e. The second-order valence-corrected chi connectivity index (χ2v) is 8.33. The van der Waals surface area contributed by atoms with E-state index in [4.69, 9.17) is 9.47 Å². The van der Waals surface area contributed by atoms with Crippen LogP contribution in [0.4, 0.5) is 26.3 Å². The standard InChI is InChI=1S/C23H23F6NO3/c24-22(25,26)14-31-19-8-7-17(33-23(27,28)29)11-18(19)16-12-21(32-13-16)9-4-10-30-20(21)15-5-2-1-3-6-15/h1-3,5-8,11,16,20,30H,4,9-10,12-14H2/t16-,20-,21+/m0/s1. The third-order valence-electron chi connectivity index (χ3n) is 5.99. The lowest BCUT2D eigenvalue weighted by atomic mass is 9.77. The highest BCUT2D eigenvalue weighted by Crippen LogP contribution is 2.50. The molecule has 2 aromatic rings. The molecule has 10 heteroatoms. The number of nitrogens with one attached hydrogen (secondary N) is 1. The third kappa shape index (κ3) is 5.73. The average molecular weight is 475 g/mol. The molecule has 0 bridgehead atoms. The number of benzene rings is 2. The molecule has 2 aliphatic heterocycles. The quantitative estimate of drug-likeness (QED) is 0.548. The molecule has 1 spiro atoms. The zero-order chi connectivity index (χ0) is 23.7. The molecule has 0 amide bonds. The van der Waals surface area contributed by atoms with Crippen LogP contribution in [0.5, 0.6) is 11.5 Å². The van der Waals surface area contributed by atoms with Gasteiger partial charge in [-0.15, -0.1) is 13.2 Å². The second-order valence-electron chi connectivity index (χ2n) is 8.33. The van der Waals surface area contributed by atoms with E-state index in [0.717, 1.165) is 36.7 Å². The molecule has 0 radical (unpaired) electrons. The van der Waals surface area contributed by atoms with Gasteiger partial charge in [0.2, 0.25) is 0 Å². The monoisotopic (exact) mass is 475 g/mol. The molecule has 0 saturated carbocycles. The van der Waals surface area contributed by atoms with Crippen molar-refractivity contribution < 1.29 is 40.6 Å². The molecule has 4 nitrogen and oxygen atoms in total. The first-order valence-corrected chi connectivity index (χ1v) is 10.6. The van der Waals surface area contributed by atoms with Crippen LogP contribution in [0.15, 0.2) is 48.5 Å². The Morgan fingerprint density at radius 1 is 1.03 bits per heavy atom. The molecule has 1 N–H and O–H groups in total. The predicted molar refractivity (Wildman–Crippen MR) is 107 cm³/mol. The zero-order valence-corrected chi connectivity index (χ0v) is 17.5. The fraction of sp³-hybridized carbons (Fsp3) is 0.478. The molecule has 2 saturated heterocycles. The van der Waals surface area contributed by atoms with Crippen LogP contribution in [0.25, 0.3) is 0 Å². The van der Waals surface area contributed by atoms with E-state index in [-0.39, 0.29) is 24.0 Å². The van der Waals surface area contributed by atoms with Gasteiger partial charge in [0.25, 0.3) is 0 Å². The predicted octanol–water partition coefficient (Wildman–Crippen LogP) is 5.89. The summed E-state index contributed by atoms with van der Waals surface area (Å²) in [6.07, 6.45) is -7.54. The number of rotatable bonds is 5. The Morgan fingerprint density at radius 3 is 2.48 bits per heavy atom. The first-order valence-electron chi connectivity index (χ1n) is 10.6. The summed E-state index contributed by atoms with van der Waals surface area (Å²) in [5, 5.41) is 3.46. The Bertz CT molecular complexity index is 949. The van der Waals surface area contributed by atoms with Crippen molar-refractivity contribution in [3.8, 4) is 11.5 Å². The molecule has 4 rings (SSSR count). The Labute approximate surface area is 186 Å². The van der Waals surface area contributed by atoms with E-state index >= 15 is 0 Å². The fourth-order valence-electron chi connectivity index (χ4n) is 4.74. The molecule has 180 valence electrons. The molecular formula is C23H23F6NO3. The molecule has 2 heterocycles.